The molecule has 0 aliphatic carbocycles. The van der Waals surface area contributed by atoms with Gasteiger partial charge in [-0.2, -0.15) is 0 Å². The minimum Gasteiger partial charge on any atom is -0.491 e. The number of halogens is 1. The molecule has 0 aromatic heterocycles. The lowest BCUT2D eigenvalue weighted by molar-refractivity contribution is -0.141. The first-order chi connectivity index (χ1) is 7.09. The highest BCUT2D eigenvalue weighted by molar-refractivity contribution is 9.10. The number of benzene rings is 1. The zero-order valence-electron chi connectivity index (χ0n) is 7.57. The predicted octanol–water partition coefficient (Wildman–Crippen LogP) is 1.73. The molecule has 2 rings (SSSR count). The molecule has 4 nitrogen and oxygen atoms in total. The van der Waals surface area contributed by atoms with Crippen LogP contribution in [0.3, 0.4) is 0 Å². The minimum absolute atomic E-state index is 0.0944. The number of carbonyl (C=O) groups is 2. The molecule has 0 saturated carbocycles. The van der Waals surface area contributed by atoms with E-state index < -0.39 is 17.7 Å². The summed E-state index contributed by atoms with van der Waals surface area (Å²) in [5, 5.41) is 8.79. The lowest BCUT2D eigenvalue weighted by Crippen LogP contribution is -2.33. The Labute approximate surface area is 94.0 Å². The van der Waals surface area contributed by atoms with Gasteiger partial charge in [-0.15, -0.1) is 0 Å². The number of fused-ring (bicyclic) bond motifs is 1. The number of aliphatic carboxylic acids is 1. The summed E-state index contributed by atoms with van der Waals surface area (Å²) in [6, 6.07) is 4.97. The normalized spacial score (nSPS) is 19.3. The van der Waals surface area contributed by atoms with Crippen molar-refractivity contribution in [1.82, 2.24) is 0 Å². The fraction of sp³-hybridized carbons (Fsp3) is 0.200. The molecule has 78 valence electrons. The lowest BCUT2D eigenvalue weighted by atomic mass is 9.95. The Morgan fingerprint density at radius 3 is 2.93 bits per heavy atom. The molecule has 5 heteroatoms. The van der Waals surface area contributed by atoms with Gasteiger partial charge in [0.05, 0.1) is 5.56 Å². The van der Waals surface area contributed by atoms with E-state index in [0.717, 1.165) is 4.47 Å². The third-order valence-electron chi connectivity index (χ3n) is 2.23. The summed E-state index contributed by atoms with van der Waals surface area (Å²) in [5.74, 6) is -2.19. The number of ketones is 1. The molecule has 0 unspecified atom stereocenters. The van der Waals surface area contributed by atoms with Crippen LogP contribution in [0.25, 0.3) is 0 Å². The molecular weight excluding hydrogens is 264 g/mol. The van der Waals surface area contributed by atoms with Gasteiger partial charge in [-0.05, 0) is 18.2 Å². The standard InChI is InChI=1S/C10H7BrO4/c11-5-1-2-8-6(3-5)9(12)7(4-15-8)10(13)14/h1-3,7H,4H2,(H,13,14)/t7-/m0/s1. The number of carbonyl (C=O) groups excluding carboxylic acids is 1. The molecular formula is C10H7BrO4. The topological polar surface area (TPSA) is 63.6 Å². The zero-order valence-corrected chi connectivity index (χ0v) is 9.15. The molecule has 0 amide bonds. The fourth-order valence-corrected chi connectivity index (χ4v) is 1.80. The number of Topliss-reactive ketones (excluding diaryl/α,β-unsaturated/α-hetero) is 1. The average molecular weight is 271 g/mol. The van der Waals surface area contributed by atoms with E-state index in [9.17, 15) is 9.59 Å². The Morgan fingerprint density at radius 2 is 2.27 bits per heavy atom. The van der Waals surface area contributed by atoms with Crippen LogP contribution in [0.4, 0.5) is 0 Å². The number of hydrogen-bond acceptors (Lipinski definition) is 3. The zero-order chi connectivity index (χ0) is 11.0. The number of ether oxygens (including phenoxy) is 1. The van der Waals surface area contributed by atoms with Crippen LogP contribution in [-0.2, 0) is 4.79 Å². The molecule has 1 aliphatic heterocycles. The lowest BCUT2D eigenvalue weighted by Gasteiger charge is -2.21. The maximum Gasteiger partial charge on any atom is 0.317 e. The third kappa shape index (κ3) is 1.74. The first-order valence-corrected chi connectivity index (χ1v) is 5.08. The van der Waals surface area contributed by atoms with Gasteiger partial charge in [-0.1, -0.05) is 15.9 Å². The van der Waals surface area contributed by atoms with Gasteiger partial charge in [0.1, 0.15) is 12.4 Å². The van der Waals surface area contributed by atoms with Crippen molar-refractivity contribution in [3.05, 3.63) is 28.2 Å². The van der Waals surface area contributed by atoms with Crippen molar-refractivity contribution < 1.29 is 19.4 Å². The van der Waals surface area contributed by atoms with E-state index in [-0.39, 0.29) is 6.61 Å². The molecule has 0 saturated heterocycles. The summed E-state index contributed by atoms with van der Waals surface area (Å²) >= 11 is 3.22. The highest BCUT2D eigenvalue weighted by Gasteiger charge is 2.34. The van der Waals surface area contributed by atoms with Gasteiger partial charge in [0, 0.05) is 4.47 Å². The summed E-state index contributed by atoms with van der Waals surface area (Å²) < 4.78 is 5.93. The molecule has 1 N–H and O–H groups in total. The quantitative estimate of drug-likeness (QED) is 0.790. The summed E-state index contributed by atoms with van der Waals surface area (Å²) in [5.41, 5.74) is 0.322. The molecule has 1 heterocycles. The van der Waals surface area contributed by atoms with Gasteiger partial charge in [0.25, 0.3) is 0 Å². The summed E-state index contributed by atoms with van der Waals surface area (Å²) in [6.07, 6.45) is 0. The van der Waals surface area contributed by atoms with E-state index in [1.54, 1.807) is 18.2 Å². The van der Waals surface area contributed by atoms with Crippen LogP contribution in [0.15, 0.2) is 22.7 Å². The van der Waals surface area contributed by atoms with Gasteiger partial charge < -0.3 is 9.84 Å². The number of carboxylic acids is 1. The number of hydrogen-bond donors (Lipinski definition) is 1. The second kappa shape index (κ2) is 3.66. The van der Waals surface area contributed by atoms with Crippen LogP contribution in [0.2, 0.25) is 0 Å². The van der Waals surface area contributed by atoms with Crippen molar-refractivity contribution >= 4 is 27.7 Å². The predicted molar refractivity (Wildman–Crippen MR) is 55.1 cm³/mol. The molecule has 15 heavy (non-hydrogen) atoms. The van der Waals surface area contributed by atoms with Crippen LogP contribution >= 0.6 is 15.9 Å². The molecule has 0 radical (unpaired) electrons. The Morgan fingerprint density at radius 1 is 1.53 bits per heavy atom. The number of rotatable bonds is 1. The Hall–Kier alpha value is -1.36. The van der Waals surface area contributed by atoms with Gasteiger partial charge >= 0.3 is 5.97 Å². The van der Waals surface area contributed by atoms with Gasteiger partial charge in [0.15, 0.2) is 11.7 Å². The summed E-state index contributed by atoms with van der Waals surface area (Å²) in [4.78, 5) is 22.5. The van der Waals surface area contributed by atoms with Crippen molar-refractivity contribution in [1.29, 1.82) is 0 Å². The summed E-state index contributed by atoms with van der Waals surface area (Å²) in [6.45, 7) is -0.0944. The highest BCUT2D eigenvalue weighted by Crippen LogP contribution is 2.29. The van der Waals surface area contributed by atoms with Crippen molar-refractivity contribution in [2.24, 2.45) is 5.92 Å². The Bertz CT molecular complexity index is 441. The summed E-state index contributed by atoms with van der Waals surface area (Å²) in [7, 11) is 0. The molecule has 1 atom stereocenters. The van der Waals surface area contributed by atoms with Gasteiger partial charge in [-0.25, -0.2) is 0 Å². The van der Waals surface area contributed by atoms with Gasteiger partial charge in [-0.3, -0.25) is 9.59 Å². The Kier molecular flexibility index (Phi) is 2.48. The van der Waals surface area contributed by atoms with Crippen LogP contribution in [0.5, 0.6) is 5.75 Å². The average Bonchev–Trinajstić information content (AvgIpc) is 2.19. The molecule has 0 bridgehead atoms. The SMILES string of the molecule is O=C(O)[C@H]1COc2ccc(Br)cc2C1=O. The first kappa shape index (κ1) is 10.2. The van der Waals surface area contributed by atoms with Crippen molar-refractivity contribution in [3.63, 3.8) is 0 Å². The second-order valence-corrected chi connectivity index (χ2v) is 4.12. The van der Waals surface area contributed by atoms with Crippen LogP contribution in [0, 0.1) is 5.92 Å². The van der Waals surface area contributed by atoms with Crippen molar-refractivity contribution in [2.75, 3.05) is 6.61 Å². The molecule has 0 spiro atoms. The fourth-order valence-electron chi connectivity index (χ4n) is 1.44. The van der Waals surface area contributed by atoms with E-state index in [0.29, 0.717) is 11.3 Å². The highest BCUT2D eigenvalue weighted by atomic mass is 79.9. The van der Waals surface area contributed by atoms with Crippen molar-refractivity contribution in [2.45, 2.75) is 0 Å². The maximum atomic E-state index is 11.7. The third-order valence-corrected chi connectivity index (χ3v) is 2.72. The second-order valence-electron chi connectivity index (χ2n) is 3.21. The maximum absolute atomic E-state index is 11.7. The van der Waals surface area contributed by atoms with Gasteiger partial charge in [0.2, 0.25) is 0 Å². The van der Waals surface area contributed by atoms with E-state index in [4.69, 9.17) is 9.84 Å². The van der Waals surface area contributed by atoms with Crippen LogP contribution in [-0.4, -0.2) is 23.5 Å². The Balaban J connectivity index is 2.45. The van der Waals surface area contributed by atoms with E-state index in [1.807, 2.05) is 0 Å². The first-order valence-electron chi connectivity index (χ1n) is 4.29. The molecule has 1 aromatic rings. The van der Waals surface area contributed by atoms with Crippen molar-refractivity contribution in [3.8, 4) is 5.75 Å². The number of carboxylic acid groups (broad SMARTS) is 1. The van der Waals surface area contributed by atoms with E-state index in [1.165, 1.54) is 0 Å². The largest absolute Gasteiger partial charge is 0.491 e. The van der Waals surface area contributed by atoms with E-state index >= 15 is 0 Å². The molecule has 1 aliphatic rings. The molecule has 1 aromatic carbocycles. The van der Waals surface area contributed by atoms with E-state index in [2.05, 4.69) is 15.9 Å². The van der Waals surface area contributed by atoms with Crippen LogP contribution in [0.1, 0.15) is 10.4 Å². The minimum atomic E-state index is -1.15. The monoisotopic (exact) mass is 270 g/mol. The molecule has 0 fully saturated rings. The smallest absolute Gasteiger partial charge is 0.317 e. The van der Waals surface area contributed by atoms with Crippen LogP contribution < -0.4 is 4.74 Å².